The fraction of sp³-hybridized carbons (Fsp3) is 1.00. The first-order chi connectivity index (χ1) is 4.39. The fourth-order valence-electron chi connectivity index (χ4n) is 2.33. The molecule has 0 radical (unpaired) electrons. The van der Waals surface area contributed by atoms with Crippen LogP contribution in [0.3, 0.4) is 0 Å². The van der Waals surface area contributed by atoms with Crippen LogP contribution in [0.25, 0.3) is 0 Å². The predicted octanol–water partition coefficient (Wildman–Crippen LogP) is 0.0909. The third-order valence-electron chi connectivity index (χ3n) is 3.02. The maximum absolute atomic E-state index is 5.45. The van der Waals surface area contributed by atoms with Crippen molar-refractivity contribution in [3.05, 3.63) is 0 Å². The Morgan fingerprint density at radius 2 is 2.44 bits per heavy atom. The van der Waals surface area contributed by atoms with E-state index in [-0.39, 0.29) is 0 Å². The number of fused-ring (bicyclic) bond motifs is 3. The van der Waals surface area contributed by atoms with Crippen molar-refractivity contribution < 1.29 is 4.74 Å². The van der Waals surface area contributed by atoms with E-state index in [0.717, 1.165) is 12.5 Å². The number of epoxide rings is 1. The topological polar surface area (TPSA) is 15.8 Å². The Bertz CT molecular complexity index is 153. The molecule has 0 aromatic carbocycles. The van der Waals surface area contributed by atoms with Gasteiger partial charge in [-0.15, -0.1) is 0 Å². The number of piperidine rings is 1. The van der Waals surface area contributed by atoms with Crippen LogP contribution in [0.4, 0.5) is 0 Å². The molecular formula is C7H11NO. The van der Waals surface area contributed by atoms with Gasteiger partial charge in [0.25, 0.3) is 0 Å². The standard InChI is InChI=1S/C7H11NO/c1-2-8-3-6(1)7(4-8)5-9-7/h6H,1-5H2. The van der Waals surface area contributed by atoms with Gasteiger partial charge >= 0.3 is 0 Å². The molecule has 0 N–H and O–H groups in total. The van der Waals surface area contributed by atoms with Crippen molar-refractivity contribution in [2.45, 2.75) is 12.0 Å². The molecule has 1 spiro atoms. The van der Waals surface area contributed by atoms with Gasteiger partial charge in [0.1, 0.15) is 5.60 Å². The third-order valence-corrected chi connectivity index (χ3v) is 3.02. The maximum Gasteiger partial charge on any atom is 0.108 e. The van der Waals surface area contributed by atoms with Gasteiger partial charge in [0.05, 0.1) is 6.61 Å². The Labute approximate surface area is 54.8 Å². The van der Waals surface area contributed by atoms with Gasteiger partial charge in [0.15, 0.2) is 0 Å². The van der Waals surface area contributed by atoms with E-state index >= 15 is 0 Å². The zero-order valence-corrected chi connectivity index (χ0v) is 5.47. The van der Waals surface area contributed by atoms with Crippen LogP contribution in [0.2, 0.25) is 0 Å². The van der Waals surface area contributed by atoms with Crippen molar-refractivity contribution in [2.24, 2.45) is 5.92 Å². The highest BCUT2D eigenvalue weighted by Crippen LogP contribution is 2.46. The largest absolute Gasteiger partial charge is 0.368 e. The van der Waals surface area contributed by atoms with Crippen LogP contribution in [0.5, 0.6) is 0 Å². The lowest BCUT2D eigenvalue weighted by atomic mass is 9.93. The van der Waals surface area contributed by atoms with Crippen molar-refractivity contribution >= 4 is 0 Å². The molecule has 0 saturated carbocycles. The Morgan fingerprint density at radius 3 is 2.78 bits per heavy atom. The van der Waals surface area contributed by atoms with Crippen molar-refractivity contribution in [3.63, 3.8) is 0 Å². The van der Waals surface area contributed by atoms with Crippen LogP contribution in [0.1, 0.15) is 6.42 Å². The van der Waals surface area contributed by atoms with E-state index in [1.807, 2.05) is 0 Å². The Kier molecular flexibility index (Phi) is 0.616. The Balaban J connectivity index is 1.96. The zero-order valence-electron chi connectivity index (χ0n) is 5.47. The molecule has 3 aliphatic heterocycles. The molecular weight excluding hydrogens is 114 g/mol. The number of rotatable bonds is 0. The van der Waals surface area contributed by atoms with Gasteiger partial charge in [-0.25, -0.2) is 0 Å². The first-order valence-electron chi connectivity index (χ1n) is 3.75. The minimum absolute atomic E-state index is 0.387. The summed E-state index contributed by atoms with van der Waals surface area (Å²) in [4.78, 5) is 2.53. The molecule has 3 saturated heterocycles. The molecule has 0 amide bonds. The highest BCUT2D eigenvalue weighted by Gasteiger charge is 2.59. The zero-order chi connectivity index (χ0) is 5.90. The molecule has 2 heteroatoms. The Morgan fingerprint density at radius 1 is 1.56 bits per heavy atom. The minimum Gasteiger partial charge on any atom is -0.368 e. The molecule has 2 nitrogen and oxygen atoms in total. The molecule has 3 unspecified atom stereocenters. The van der Waals surface area contributed by atoms with Crippen LogP contribution in [-0.4, -0.2) is 36.7 Å². The van der Waals surface area contributed by atoms with Gasteiger partial charge in [0.2, 0.25) is 0 Å². The predicted molar refractivity (Wildman–Crippen MR) is 33.2 cm³/mol. The summed E-state index contributed by atoms with van der Waals surface area (Å²) in [5.41, 5.74) is 0.387. The monoisotopic (exact) mass is 125 g/mol. The van der Waals surface area contributed by atoms with Crippen molar-refractivity contribution in [2.75, 3.05) is 26.2 Å². The molecule has 3 rings (SSSR count). The molecule has 0 aliphatic carbocycles. The summed E-state index contributed by atoms with van der Waals surface area (Å²) in [6.45, 7) is 4.93. The summed E-state index contributed by atoms with van der Waals surface area (Å²) < 4.78 is 5.45. The first kappa shape index (κ1) is 4.69. The molecule has 0 aromatic heterocycles. The third kappa shape index (κ3) is 0.447. The molecule has 3 aliphatic rings. The van der Waals surface area contributed by atoms with Gasteiger partial charge in [0, 0.05) is 19.0 Å². The summed E-state index contributed by atoms with van der Waals surface area (Å²) >= 11 is 0. The van der Waals surface area contributed by atoms with Gasteiger partial charge in [-0.05, 0) is 13.0 Å². The second-order valence-corrected chi connectivity index (χ2v) is 3.57. The average molecular weight is 125 g/mol. The van der Waals surface area contributed by atoms with Crippen molar-refractivity contribution in [1.29, 1.82) is 0 Å². The second-order valence-electron chi connectivity index (χ2n) is 3.57. The van der Waals surface area contributed by atoms with Crippen LogP contribution in [0.15, 0.2) is 0 Å². The molecule has 50 valence electrons. The summed E-state index contributed by atoms with van der Waals surface area (Å²) in [6.07, 6.45) is 1.39. The number of nitrogens with zero attached hydrogens (tertiary/aromatic N) is 1. The first-order valence-corrected chi connectivity index (χ1v) is 3.75. The smallest absolute Gasteiger partial charge is 0.108 e. The van der Waals surface area contributed by atoms with Crippen LogP contribution >= 0.6 is 0 Å². The fourth-order valence-corrected chi connectivity index (χ4v) is 2.33. The molecule has 3 heterocycles. The summed E-state index contributed by atoms with van der Waals surface area (Å²) in [7, 11) is 0. The van der Waals surface area contributed by atoms with Crippen molar-refractivity contribution in [1.82, 2.24) is 4.90 Å². The molecule has 0 aromatic rings. The molecule has 9 heavy (non-hydrogen) atoms. The molecule has 2 bridgehead atoms. The molecule has 3 atom stereocenters. The average Bonchev–Trinajstić information content (AvgIpc) is 2.40. The lowest BCUT2D eigenvalue weighted by Crippen LogP contribution is -2.30. The van der Waals surface area contributed by atoms with E-state index in [1.165, 1.54) is 26.1 Å². The van der Waals surface area contributed by atoms with Gasteiger partial charge in [-0.1, -0.05) is 0 Å². The van der Waals surface area contributed by atoms with Gasteiger partial charge in [-0.2, -0.15) is 0 Å². The highest BCUT2D eigenvalue weighted by molar-refractivity contribution is 5.10. The summed E-state index contributed by atoms with van der Waals surface area (Å²) in [5.74, 6) is 0.900. The van der Waals surface area contributed by atoms with Gasteiger partial charge in [-0.3, -0.25) is 4.90 Å². The van der Waals surface area contributed by atoms with Gasteiger partial charge < -0.3 is 4.74 Å². The number of hydrogen-bond donors (Lipinski definition) is 0. The Hall–Kier alpha value is -0.0800. The van der Waals surface area contributed by atoms with Crippen LogP contribution < -0.4 is 0 Å². The minimum atomic E-state index is 0.387. The normalized spacial score (nSPS) is 61.3. The van der Waals surface area contributed by atoms with E-state index < -0.39 is 0 Å². The van der Waals surface area contributed by atoms with E-state index in [4.69, 9.17) is 4.74 Å². The van der Waals surface area contributed by atoms with Crippen LogP contribution in [-0.2, 0) is 4.74 Å². The maximum atomic E-state index is 5.45. The summed E-state index contributed by atoms with van der Waals surface area (Å²) in [5, 5.41) is 0. The quantitative estimate of drug-likeness (QED) is 0.426. The van der Waals surface area contributed by atoms with E-state index in [0.29, 0.717) is 5.60 Å². The number of ether oxygens (including phenoxy) is 1. The highest BCUT2D eigenvalue weighted by atomic mass is 16.6. The lowest BCUT2D eigenvalue weighted by Gasteiger charge is -2.17. The van der Waals surface area contributed by atoms with Crippen molar-refractivity contribution in [3.8, 4) is 0 Å². The van der Waals surface area contributed by atoms with E-state index in [9.17, 15) is 0 Å². The van der Waals surface area contributed by atoms with Crippen LogP contribution in [0, 0.1) is 5.92 Å². The van der Waals surface area contributed by atoms with E-state index in [1.54, 1.807) is 0 Å². The SMILES string of the molecule is C1CN2CC1C1(CO1)C2. The summed E-state index contributed by atoms with van der Waals surface area (Å²) in [6, 6.07) is 0. The molecule has 3 fully saturated rings. The van der Waals surface area contributed by atoms with E-state index in [2.05, 4.69) is 4.90 Å². The number of hydrogen-bond acceptors (Lipinski definition) is 2. The second kappa shape index (κ2) is 1.18. The lowest BCUT2D eigenvalue weighted by molar-refractivity contribution is 0.215.